The average Bonchev–Trinajstić information content (AvgIpc) is 3.18. The number of carboxylic acids is 1. The van der Waals surface area contributed by atoms with Crippen molar-refractivity contribution < 1.29 is 19.1 Å². The number of carboxylic acid groups (broad SMARTS) is 1. The van der Waals surface area contributed by atoms with Crippen molar-refractivity contribution in [3.05, 3.63) is 35.9 Å². The first-order chi connectivity index (χ1) is 9.08. The Bertz CT molecular complexity index is 422. The molecular weight excluding hydrogens is 249 g/mol. The summed E-state index contributed by atoms with van der Waals surface area (Å²) in [6.07, 6.45) is 0.995. The van der Waals surface area contributed by atoms with Crippen molar-refractivity contribution in [3.63, 3.8) is 0 Å². The van der Waals surface area contributed by atoms with E-state index in [9.17, 15) is 14.0 Å². The summed E-state index contributed by atoms with van der Waals surface area (Å²) in [6, 6.07) is 9.04. The summed E-state index contributed by atoms with van der Waals surface area (Å²) in [5.41, 5.74) is 0.636. The highest BCUT2D eigenvalue weighted by molar-refractivity contribution is 5.94. The van der Waals surface area contributed by atoms with Crippen molar-refractivity contribution in [1.82, 2.24) is 5.32 Å². The van der Waals surface area contributed by atoms with E-state index < -0.39 is 5.97 Å². The van der Waals surface area contributed by atoms with E-state index in [2.05, 4.69) is 5.32 Å². The minimum atomic E-state index is -0.745. The lowest BCUT2D eigenvalue weighted by molar-refractivity contribution is -0.136. The summed E-state index contributed by atoms with van der Waals surface area (Å²) in [6.45, 7) is 1.27. The largest absolute Gasteiger partial charge is 0.481 e. The van der Waals surface area contributed by atoms with E-state index in [1.165, 1.54) is 0 Å². The Balaban J connectivity index is 0.000000312. The molecule has 1 amide bonds. The number of hydrogen-bond acceptors (Lipinski definition) is 2. The standard InChI is InChI=1S/C11H12FNO.C3H6O2/c12-7-9-6-10(9)13-11(14)8-4-2-1-3-5-8;1-2-3(4)5/h1-5,9-10H,6-7H2,(H,13,14);2H2,1H3,(H,4,5)/t9-,10-;/m1./s1. The van der Waals surface area contributed by atoms with Crippen LogP contribution >= 0.6 is 0 Å². The lowest BCUT2D eigenvalue weighted by atomic mass is 10.2. The Kier molecular flexibility index (Phi) is 5.99. The fourth-order valence-corrected chi connectivity index (χ4v) is 1.44. The molecule has 19 heavy (non-hydrogen) atoms. The first-order valence-electron chi connectivity index (χ1n) is 6.22. The number of nitrogens with one attached hydrogen (secondary N) is 1. The molecule has 1 saturated carbocycles. The zero-order valence-corrected chi connectivity index (χ0v) is 10.8. The lowest BCUT2D eigenvalue weighted by Crippen LogP contribution is -2.26. The molecule has 2 N–H and O–H groups in total. The van der Waals surface area contributed by atoms with Gasteiger partial charge < -0.3 is 10.4 Å². The topological polar surface area (TPSA) is 66.4 Å². The number of amides is 1. The predicted molar refractivity (Wildman–Crippen MR) is 69.7 cm³/mol. The average molecular weight is 267 g/mol. The van der Waals surface area contributed by atoms with E-state index in [4.69, 9.17) is 5.11 Å². The van der Waals surface area contributed by atoms with Gasteiger partial charge in [-0.25, -0.2) is 0 Å². The molecule has 0 unspecified atom stereocenters. The summed E-state index contributed by atoms with van der Waals surface area (Å²) in [4.78, 5) is 20.9. The van der Waals surface area contributed by atoms with Crippen molar-refractivity contribution in [3.8, 4) is 0 Å². The van der Waals surface area contributed by atoms with Gasteiger partial charge in [-0.1, -0.05) is 25.1 Å². The third kappa shape index (κ3) is 5.50. The maximum atomic E-state index is 12.1. The lowest BCUT2D eigenvalue weighted by Gasteiger charge is -2.02. The summed E-state index contributed by atoms with van der Waals surface area (Å²) in [5.74, 6) is -0.806. The molecule has 0 radical (unpaired) electrons. The van der Waals surface area contributed by atoms with Crippen molar-refractivity contribution in [1.29, 1.82) is 0 Å². The van der Waals surface area contributed by atoms with E-state index in [0.717, 1.165) is 6.42 Å². The highest BCUT2D eigenvalue weighted by atomic mass is 19.1. The second-order valence-electron chi connectivity index (χ2n) is 4.34. The van der Waals surface area contributed by atoms with Gasteiger partial charge in [0.1, 0.15) is 0 Å². The molecule has 5 heteroatoms. The van der Waals surface area contributed by atoms with Crippen LogP contribution < -0.4 is 5.32 Å². The van der Waals surface area contributed by atoms with Gasteiger partial charge >= 0.3 is 5.97 Å². The molecule has 1 aromatic rings. The number of benzene rings is 1. The Hall–Kier alpha value is -1.91. The molecule has 0 spiro atoms. The second kappa shape index (κ2) is 7.51. The third-order valence-electron chi connectivity index (χ3n) is 2.78. The molecule has 0 aromatic heterocycles. The molecule has 4 nitrogen and oxygen atoms in total. The molecule has 0 aliphatic heterocycles. The highest BCUT2D eigenvalue weighted by Crippen LogP contribution is 2.30. The van der Waals surface area contributed by atoms with Crippen LogP contribution in [0.3, 0.4) is 0 Å². The molecule has 0 bridgehead atoms. The van der Waals surface area contributed by atoms with Crippen LogP contribution in [0.1, 0.15) is 30.1 Å². The number of rotatable bonds is 4. The van der Waals surface area contributed by atoms with Gasteiger partial charge in [0, 0.05) is 23.9 Å². The first-order valence-corrected chi connectivity index (χ1v) is 6.22. The molecule has 0 heterocycles. The number of hydrogen-bond donors (Lipinski definition) is 2. The molecule has 1 fully saturated rings. The van der Waals surface area contributed by atoms with Crippen LogP contribution in [0.4, 0.5) is 4.39 Å². The summed E-state index contributed by atoms with van der Waals surface area (Å²) in [7, 11) is 0. The van der Waals surface area contributed by atoms with Gasteiger partial charge in [-0.2, -0.15) is 0 Å². The van der Waals surface area contributed by atoms with Gasteiger partial charge in [0.25, 0.3) is 5.91 Å². The van der Waals surface area contributed by atoms with Gasteiger partial charge in [-0.3, -0.25) is 14.0 Å². The van der Waals surface area contributed by atoms with Crippen molar-refractivity contribution in [2.75, 3.05) is 6.67 Å². The normalized spacial score (nSPS) is 19.9. The zero-order chi connectivity index (χ0) is 14.3. The van der Waals surface area contributed by atoms with Crippen LogP contribution in [0.2, 0.25) is 0 Å². The van der Waals surface area contributed by atoms with Crippen molar-refractivity contribution in [2.45, 2.75) is 25.8 Å². The fourth-order valence-electron chi connectivity index (χ4n) is 1.44. The Morgan fingerprint density at radius 1 is 1.37 bits per heavy atom. The molecule has 1 aromatic carbocycles. The quantitative estimate of drug-likeness (QED) is 0.879. The van der Waals surface area contributed by atoms with Crippen molar-refractivity contribution in [2.24, 2.45) is 5.92 Å². The van der Waals surface area contributed by atoms with Crippen LogP contribution in [0.15, 0.2) is 30.3 Å². The van der Waals surface area contributed by atoms with Crippen LogP contribution in [0, 0.1) is 5.92 Å². The van der Waals surface area contributed by atoms with E-state index in [0.29, 0.717) is 5.56 Å². The fraction of sp³-hybridized carbons (Fsp3) is 0.429. The van der Waals surface area contributed by atoms with Crippen LogP contribution in [-0.2, 0) is 4.79 Å². The second-order valence-corrected chi connectivity index (χ2v) is 4.34. The van der Waals surface area contributed by atoms with Gasteiger partial charge in [-0.15, -0.1) is 0 Å². The smallest absolute Gasteiger partial charge is 0.303 e. The van der Waals surface area contributed by atoms with Crippen LogP contribution in [-0.4, -0.2) is 29.7 Å². The Morgan fingerprint density at radius 3 is 2.37 bits per heavy atom. The highest BCUT2D eigenvalue weighted by Gasteiger charge is 2.38. The summed E-state index contributed by atoms with van der Waals surface area (Å²) < 4.78 is 12.1. The molecule has 1 aliphatic rings. The zero-order valence-electron chi connectivity index (χ0n) is 10.8. The van der Waals surface area contributed by atoms with Crippen molar-refractivity contribution >= 4 is 11.9 Å². The van der Waals surface area contributed by atoms with Gasteiger partial charge in [0.15, 0.2) is 0 Å². The molecule has 2 atom stereocenters. The van der Waals surface area contributed by atoms with Gasteiger partial charge in [0.05, 0.1) is 6.67 Å². The number of aliphatic carboxylic acids is 1. The Labute approximate surface area is 111 Å². The first kappa shape index (κ1) is 15.1. The number of carbonyl (C=O) groups is 2. The van der Waals surface area contributed by atoms with E-state index in [1.54, 1.807) is 19.1 Å². The molecule has 104 valence electrons. The minimum absolute atomic E-state index is 0.0441. The number of carbonyl (C=O) groups excluding carboxylic acids is 1. The molecule has 0 saturated heterocycles. The van der Waals surface area contributed by atoms with Gasteiger partial charge in [0.2, 0.25) is 0 Å². The van der Waals surface area contributed by atoms with E-state index in [1.807, 2.05) is 18.2 Å². The van der Waals surface area contributed by atoms with Gasteiger partial charge in [-0.05, 0) is 18.6 Å². The third-order valence-corrected chi connectivity index (χ3v) is 2.78. The van der Waals surface area contributed by atoms with Crippen LogP contribution in [0.5, 0.6) is 0 Å². The number of halogens is 1. The molecular formula is C14H18FNO3. The maximum Gasteiger partial charge on any atom is 0.303 e. The molecule has 2 rings (SSSR count). The minimum Gasteiger partial charge on any atom is -0.481 e. The SMILES string of the molecule is CCC(=O)O.O=C(N[C@@H]1C[C@@H]1CF)c1ccccc1. The van der Waals surface area contributed by atoms with Crippen LogP contribution in [0.25, 0.3) is 0 Å². The summed E-state index contributed by atoms with van der Waals surface area (Å²) in [5, 5.41) is 10.5. The van der Waals surface area contributed by atoms with E-state index >= 15 is 0 Å². The molecule has 1 aliphatic carbocycles. The maximum absolute atomic E-state index is 12.1. The monoisotopic (exact) mass is 267 g/mol. The van der Waals surface area contributed by atoms with E-state index in [-0.39, 0.29) is 31.0 Å². The Morgan fingerprint density at radius 2 is 1.95 bits per heavy atom. The summed E-state index contributed by atoms with van der Waals surface area (Å²) >= 11 is 0. The predicted octanol–water partition coefficient (Wildman–Crippen LogP) is 2.26. The number of alkyl halides is 1.